The highest BCUT2D eigenvalue weighted by atomic mass is 35.5. The van der Waals surface area contributed by atoms with Gasteiger partial charge in [0.1, 0.15) is 23.0 Å². The third-order valence-corrected chi connectivity index (χ3v) is 4.88. The summed E-state index contributed by atoms with van der Waals surface area (Å²) in [6.45, 7) is -1.38. The number of ether oxygens (including phenoxy) is 1. The molecule has 4 rings (SSSR count). The van der Waals surface area contributed by atoms with Gasteiger partial charge in [-0.15, -0.1) is 0 Å². The Morgan fingerprint density at radius 3 is 2.66 bits per heavy atom. The van der Waals surface area contributed by atoms with Crippen molar-refractivity contribution < 1.29 is 27.6 Å². The molecule has 0 bridgehead atoms. The van der Waals surface area contributed by atoms with Gasteiger partial charge in [0.25, 0.3) is 5.65 Å². The zero-order chi connectivity index (χ0) is 22.9. The number of hydrogen-bond donors (Lipinski definition) is 0. The second-order valence-corrected chi connectivity index (χ2v) is 7.31. The lowest BCUT2D eigenvalue weighted by molar-refractivity contribution is -0.708. The van der Waals surface area contributed by atoms with E-state index < -0.39 is 24.2 Å². The second-order valence-electron chi connectivity index (χ2n) is 6.92. The molecule has 0 aliphatic rings. The number of benzene rings is 1. The Kier molecular flexibility index (Phi) is 5.75. The molecule has 0 N–H and O–H groups in total. The highest BCUT2D eigenvalue weighted by Gasteiger charge is 2.28. The highest BCUT2D eigenvalue weighted by molar-refractivity contribution is 6.29. The van der Waals surface area contributed by atoms with Crippen LogP contribution in [0.25, 0.3) is 16.8 Å². The molecular formula is C22H15ClF3N3O3. The Morgan fingerprint density at radius 2 is 1.94 bits per heavy atom. The van der Waals surface area contributed by atoms with Crippen molar-refractivity contribution in [3.63, 3.8) is 0 Å². The molecule has 3 heterocycles. The number of pyridine rings is 2. The van der Waals surface area contributed by atoms with Crippen LogP contribution >= 0.6 is 11.6 Å². The Morgan fingerprint density at radius 1 is 1.12 bits per heavy atom. The van der Waals surface area contributed by atoms with Crippen LogP contribution in [0.15, 0.2) is 71.8 Å². The third kappa shape index (κ3) is 4.52. The molecule has 0 aliphatic carbocycles. The lowest BCUT2D eigenvalue weighted by Gasteiger charge is -2.17. The molecule has 0 radical (unpaired) electrons. The normalized spacial score (nSPS) is 11.6. The average Bonchev–Trinajstić information content (AvgIpc) is 2.76. The number of halogens is 4. The summed E-state index contributed by atoms with van der Waals surface area (Å²) in [7, 11) is 0. The number of fused-ring (bicyclic) bond motifs is 1. The fourth-order valence-corrected chi connectivity index (χ4v) is 3.38. The van der Waals surface area contributed by atoms with Crippen LogP contribution < -0.4 is 20.0 Å². The molecule has 0 saturated heterocycles. The van der Waals surface area contributed by atoms with Crippen molar-refractivity contribution in [1.82, 2.24) is 9.38 Å². The van der Waals surface area contributed by atoms with Gasteiger partial charge in [0.2, 0.25) is 0 Å². The van der Waals surface area contributed by atoms with Crippen LogP contribution in [-0.2, 0) is 6.54 Å². The van der Waals surface area contributed by atoms with Crippen molar-refractivity contribution in [2.75, 3.05) is 6.61 Å². The van der Waals surface area contributed by atoms with E-state index in [2.05, 4.69) is 4.98 Å². The van der Waals surface area contributed by atoms with Gasteiger partial charge in [0, 0.05) is 17.8 Å². The lowest BCUT2D eigenvalue weighted by Crippen LogP contribution is -2.44. The number of hydrogen-bond acceptors (Lipinski definition) is 4. The first-order chi connectivity index (χ1) is 15.2. The van der Waals surface area contributed by atoms with Gasteiger partial charge in [-0.1, -0.05) is 35.9 Å². The Hall–Kier alpha value is -3.59. The number of aromatic nitrogens is 3. The molecule has 0 spiro atoms. The number of alkyl halides is 3. The maximum atomic E-state index is 13.4. The van der Waals surface area contributed by atoms with E-state index in [1.165, 1.54) is 45.6 Å². The molecular weight excluding hydrogens is 447 g/mol. The van der Waals surface area contributed by atoms with Gasteiger partial charge in [-0.05, 0) is 29.8 Å². The Bertz CT molecular complexity index is 1340. The minimum atomic E-state index is -4.52. The molecule has 10 heteroatoms. The third-order valence-electron chi connectivity index (χ3n) is 4.66. The first-order valence-electron chi connectivity index (χ1n) is 9.37. The predicted molar refractivity (Wildman–Crippen MR) is 109 cm³/mol. The second kappa shape index (κ2) is 8.51. The monoisotopic (exact) mass is 461 g/mol. The van der Waals surface area contributed by atoms with Gasteiger partial charge in [0.15, 0.2) is 6.61 Å². The van der Waals surface area contributed by atoms with Crippen molar-refractivity contribution in [1.29, 1.82) is 0 Å². The van der Waals surface area contributed by atoms with Crippen LogP contribution in [-0.4, -0.2) is 22.2 Å². The number of rotatable bonds is 5. The fraction of sp³-hybridized carbons (Fsp3) is 0.136. The topological polar surface area (TPSA) is 70.5 Å². The smallest absolute Gasteiger partial charge is 0.422 e. The minimum absolute atomic E-state index is 0.105. The molecule has 3 aromatic heterocycles. The molecule has 4 aromatic rings. The minimum Gasteiger partial charge on any atom is -0.842 e. The summed E-state index contributed by atoms with van der Waals surface area (Å²) in [6, 6.07) is 13.7. The quantitative estimate of drug-likeness (QED) is 0.337. The van der Waals surface area contributed by atoms with Crippen molar-refractivity contribution in [2.24, 2.45) is 0 Å². The van der Waals surface area contributed by atoms with Crippen molar-refractivity contribution in [3.8, 4) is 22.8 Å². The largest absolute Gasteiger partial charge is 0.842 e. The molecule has 0 amide bonds. The lowest BCUT2D eigenvalue weighted by atomic mass is 10.1. The molecule has 0 atom stereocenters. The highest BCUT2D eigenvalue weighted by Crippen LogP contribution is 2.27. The maximum absolute atomic E-state index is 13.4. The first-order valence-corrected chi connectivity index (χ1v) is 9.75. The van der Waals surface area contributed by atoms with E-state index in [-0.39, 0.29) is 23.4 Å². The Labute approximate surface area is 184 Å². The van der Waals surface area contributed by atoms with Gasteiger partial charge < -0.3 is 9.84 Å². The van der Waals surface area contributed by atoms with Gasteiger partial charge in [0.05, 0.1) is 12.1 Å². The maximum Gasteiger partial charge on any atom is 0.422 e. The SMILES string of the molecule is O=c1c(-c2cccc(OCC(F)(F)F)c2)c([O-])[n+](Cc2ccc(Cl)nc2)c2ccccn12. The van der Waals surface area contributed by atoms with Crippen LogP contribution in [0.3, 0.4) is 0 Å². The van der Waals surface area contributed by atoms with E-state index in [1.807, 2.05) is 0 Å². The van der Waals surface area contributed by atoms with Crippen LogP contribution in [0.4, 0.5) is 13.2 Å². The van der Waals surface area contributed by atoms with E-state index in [0.29, 0.717) is 16.4 Å². The predicted octanol–water partition coefficient (Wildman–Crippen LogP) is 3.37. The van der Waals surface area contributed by atoms with E-state index in [9.17, 15) is 23.1 Å². The summed E-state index contributed by atoms with van der Waals surface area (Å²) in [6.07, 6.45) is -1.48. The van der Waals surface area contributed by atoms with Gasteiger partial charge in [-0.2, -0.15) is 17.6 Å². The summed E-state index contributed by atoms with van der Waals surface area (Å²) in [5.74, 6) is -0.700. The van der Waals surface area contributed by atoms with E-state index >= 15 is 0 Å². The first kappa shape index (κ1) is 21.6. The fourth-order valence-electron chi connectivity index (χ4n) is 3.27. The molecule has 32 heavy (non-hydrogen) atoms. The van der Waals surface area contributed by atoms with E-state index in [4.69, 9.17) is 16.3 Å². The van der Waals surface area contributed by atoms with Crippen molar-refractivity contribution >= 4 is 17.2 Å². The van der Waals surface area contributed by atoms with E-state index in [0.717, 1.165) is 0 Å². The van der Waals surface area contributed by atoms with Gasteiger partial charge in [-0.3, -0.25) is 0 Å². The molecule has 6 nitrogen and oxygen atoms in total. The van der Waals surface area contributed by atoms with E-state index in [1.54, 1.807) is 30.3 Å². The molecule has 0 fully saturated rings. The zero-order valence-corrected chi connectivity index (χ0v) is 17.1. The summed E-state index contributed by atoms with van der Waals surface area (Å²) in [5, 5.41) is 13.7. The molecule has 0 aliphatic heterocycles. The van der Waals surface area contributed by atoms with Gasteiger partial charge in [-0.25, -0.2) is 14.3 Å². The molecule has 164 valence electrons. The van der Waals surface area contributed by atoms with Crippen LogP contribution in [0, 0.1) is 0 Å². The van der Waals surface area contributed by atoms with Crippen molar-refractivity contribution in [2.45, 2.75) is 12.7 Å². The molecule has 0 saturated carbocycles. The van der Waals surface area contributed by atoms with Crippen LogP contribution in [0.2, 0.25) is 5.15 Å². The number of nitrogens with zero attached hydrogens (tertiary/aromatic N) is 3. The summed E-state index contributed by atoms with van der Waals surface area (Å²) < 4.78 is 45.0. The van der Waals surface area contributed by atoms with Crippen LogP contribution in [0.5, 0.6) is 11.6 Å². The summed E-state index contributed by atoms with van der Waals surface area (Å²) >= 11 is 5.83. The van der Waals surface area contributed by atoms with Gasteiger partial charge >= 0.3 is 11.7 Å². The zero-order valence-electron chi connectivity index (χ0n) is 16.3. The standard InChI is InChI=1S/C22H15ClF3N3O3/c23-17-8-7-14(11-27-17)12-29-18-6-1-2-9-28(18)20(30)19(21(29)31)15-4-3-5-16(10-15)32-13-22(24,25)26/h1-11H,12-13H2. The van der Waals surface area contributed by atoms with Crippen LogP contribution in [0.1, 0.15) is 5.56 Å². The Balaban J connectivity index is 1.85. The van der Waals surface area contributed by atoms with Crippen molar-refractivity contribution in [3.05, 3.63) is 88.1 Å². The molecule has 1 aromatic carbocycles. The average molecular weight is 462 g/mol. The summed E-state index contributed by atoms with van der Waals surface area (Å²) in [4.78, 5) is 17.1. The molecule has 0 unspecified atom stereocenters. The summed E-state index contributed by atoms with van der Waals surface area (Å²) in [5.41, 5.74) is 0.401.